The number of hydrogen-bond donors (Lipinski definition) is 0. The van der Waals surface area contributed by atoms with Crippen molar-refractivity contribution in [2.24, 2.45) is 0 Å². The van der Waals surface area contributed by atoms with Gasteiger partial charge in [0.15, 0.2) is 0 Å². The zero-order chi connectivity index (χ0) is 10.8. The Morgan fingerprint density at radius 1 is 1.43 bits per heavy atom. The predicted octanol–water partition coefficient (Wildman–Crippen LogP) is 4.20. The number of rotatable bonds is 3. The van der Waals surface area contributed by atoms with E-state index >= 15 is 0 Å². The summed E-state index contributed by atoms with van der Waals surface area (Å²) in [5.74, 6) is 0.888. The summed E-state index contributed by atoms with van der Waals surface area (Å²) >= 11 is 9.27. The molecule has 0 atom stereocenters. The van der Waals surface area contributed by atoms with Crippen LogP contribution in [0.15, 0.2) is 18.2 Å². The number of alkyl halides is 1. The normalized spacial score (nSPS) is 11.5. The third-order valence-corrected chi connectivity index (χ3v) is 3.43. The molecule has 78 valence electrons. The fraction of sp³-hybridized carbons (Fsp3) is 0.455. The van der Waals surface area contributed by atoms with E-state index in [1.165, 1.54) is 0 Å². The lowest BCUT2D eigenvalue weighted by Crippen LogP contribution is -2.30. The highest BCUT2D eigenvalue weighted by Gasteiger charge is 2.18. The molecule has 0 aliphatic heterocycles. The monoisotopic (exact) mass is 276 g/mol. The van der Waals surface area contributed by atoms with Crippen LogP contribution in [-0.2, 0) is 0 Å². The summed E-state index contributed by atoms with van der Waals surface area (Å²) in [6.45, 7) is 6.07. The Bertz CT molecular complexity index is 323. The molecule has 0 saturated heterocycles. The first-order valence-corrected chi connectivity index (χ1v) is 5.96. The quantitative estimate of drug-likeness (QED) is 0.752. The molecule has 0 saturated carbocycles. The number of halogens is 2. The van der Waals surface area contributed by atoms with Crippen molar-refractivity contribution >= 4 is 27.5 Å². The fourth-order valence-electron chi connectivity index (χ4n) is 1.05. The molecule has 1 aromatic rings. The average molecular weight is 278 g/mol. The molecule has 0 N–H and O–H groups in total. The lowest BCUT2D eigenvalue weighted by molar-refractivity contribution is 0.136. The van der Waals surface area contributed by atoms with Gasteiger partial charge < -0.3 is 4.74 Å². The molecule has 3 heteroatoms. The molecule has 0 fully saturated rings. The highest BCUT2D eigenvalue weighted by molar-refractivity contribution is 9.09. The summed E-state index contributed by atoms with van der Waals surface area (Å²) in [5, 5.41) is 1.54. The Labute approximate surface area is 98.5 Å². The van der Waals surface area contributed by atoms with E-state index in [-0.39, 0.29) is 5.60 Å². The summed E-state index contributed by atoms with van der Waals surface area (Å²) in [6.07, 6.45) is 0. The molecular formula is C11H14BrClO. The summed E-state index contributed by atoms with van der Waals surface area (Å²) < 4.78 is 5.83. The Morgan fingerprint density at radius 2 is 2.07 bits per heavy atom. The van der Waals surface area contributed by atoms with Crippen LogP contribution in [0.5, 0.6) is 5.75 Å². The minimum absolute atomic E-state index is 0.196. The fourth-order valence-corrected chi connectivity index (χ4v) is 1.39. The van der Waals surface area contributed by atoms with E-state index in [9.17, 15) is 0 Å². The minimum atomic E-state index is -0.196. The maximum atomic E-state index is 5.86. The molecule has 0 spiro atoms. The molecule has 0 unspecified atom stereocenters. The van der Waals surface area contributed by atoms with Gasteiger partial charge in [-0.2, -0.15) is 0 Å². The maximum Gasteiger partial charge on any atom is 0.123 e. The molecule has 0 aliphatic carbocycles. The van der Waals surface area contributed by atoms with Crippen molar-refractivity contribution in [2.45, 2.75) is 26.4 Å². The lowest BCUT2D eigenvalue weighted by Gasteiger charge is -2.25. The van der Waals surface area contributed by atoms with Gasteiger partial charge in [0.2, 0.25) is 0 Å². The Balaban J connectivity index is 2.87. The van der Waals surface area contributed by atoms with Gasteiger partial charge in [0.25, 0.3) is 0 Å². The zero-order valence-electron chi connectivity index (χ0n) is 8.60. The van der Waals surface area contributed by atoms with Gasteiger partial charge in [-0.25, -0.2) is 0 Å². The van der Waals surface area contributed by atoms with Crippen LogP contribution >= 0.6 is 27.5 Å². The van der Waals surface area contributed by atoms with E-state index < -0.39 is 0 Å². The third-order valence-electron chi connectivity index (χ3n) is 1.85. The van der Waals surface area contributed by atoms with Crippen LogP contribution in [0.2, 0.25) is 5.02 Å². The van der Waals surface area contributed by atoms with Gasteiger partial charge in [-0.05, 0) is 44.5 Å². The van der Waals surface area contributed by atoms with Crippen molar-refractivity contribution in [2.75, 3.05) is 5.33 Å². The van der Waals surface area contributed by atoms with Crippen LogP contribution in [0.3, 0.4) is 0 Å². The van der Waals surface area contributed by atoms with Crippen LogP contribution < -0.4 is 4.74 Å². The SMILES string of the molecule is Cc1cc(Cl)ccc1OC(C)(C)CBr. The van der Waals surface area contributed by atoms with E-state index in [1.807, 2.05) is 39.0 Å². The zero-order valence-corrected chi connectivity index (χ0v) is 10.9. The van der Waals surface area contributed by atoms with Gasteiger partial charge in [-0.3, -0.25) is 0 Å². The first-order valence-electron chi connectivity index (χ1n) is 4.46. The van der Waals surface area contributed by atoms with Crippen LogP contribution in [0.1, 0.15) is 19.4 Å². The van der Waals surface area contributed by atoms with Crippen molar-refractivity contribution < 1.29 is 4.74 Å². The minimum Gasteiger partial charge on any atom is -0.487 e. The summed E-state index contributed by atoms with van der Waals surface area (Å²) in [7, 11) is 0. The van der Waals surface area contributed by atoms with Gasteiger partial charge in [-0.15, -0.1) is 0 Å². The summed E-state index contributed by atoms with van der Waals surface area (Å²) in [5.41, 5.74) is 0.866. The predicted molar refractivity (Wildman–Crippen MR) is 64.7 cm³/mol. The molecule has 0 radical (unpaired) electrons. The third kappa shape index (κ3) is 3.18. The highest BCUT2D eigenvalue weighted by atomic mass is 79.9. The second kappa shape index (κ2) is 4.54. The van der Waals surface area contributed by atoms with Gasteiger partial charge >= 0.3 is 0 Å². The van der Waals surface area contributed by atoms with E-state index in [2.05, 4.69) is 15.9 Å². The summed E-state index contributed by atoms with van der Waals surface area (Å²) in [4.78, 5) is 0. The van der Waals surface area contributed by atoms with E-state index in [0.29, 0.717) is 0 Å². The number of benzene rings is 1. The van der Waals surface area contributed by atoms with Crippen molar-refractivity contribution in [3.05, 3.63) is 28.8 Å². The van der Waals surface area contributed by atoms with Crippen molar-refractivity contribution in [1.82, 2.24) is 0 Å². The molecular weight excluding hydrogens is 263 g/mol. The summed E-state index contributed by atoms with van der Waals surface area (Å²) in [6, 6.07) is 5.65. The molecule has 14 heavy (non-hydrogen) atoms. The topological polar surface area (TPSA) is 9.23 Å². The van der Waals surface area contributed by atoms with Gasteiger partial charge in [0.1, 0.15) is 11.4 Å². The largest absolute Gasteiger partial charge is 0.487 e. The van der Waals surface area contributed by atoms with Crippen molar-refractivity contribution in [3.63, 3.8) is 0 Å². The van der Waals surface area contributed by atoms with Crippen LogP contribution in [0, 0.1) is 6.92 Å². The maximum absolute atomic E-state index is 5.86. The van der Waals surface area contributed by atoms with Crippen molar-refractivity contribution in [3.8, 4) is 5.75 Å². The molecule has 0 bridgehead atoms. The number of hydrogen-bond acceptors (Lipinski definition) is 1. The first-order chi connectivity index (χ1) is 6.44. The lowest BCUT2D eigenvalue weighted by atomic mass is 10.1. The Kier molecular flexibility index (Phi) is 3.85. The van der Waals surface area contributed by atoms with Crippen molar-refractivity contribution in [1.29, 1.82) is 0 Å². The van der Waals surface area contributed by atoms with Gasteiger partial charge in [0.05, 0.1) is 0 Å². The smallest absolute Gasteiger partial charge is 0.123 e. The molecule has 1 aromatic carbocycles. The highest BCUT2D eigenvalue weighted by Crippen LogP contribution is 2.26. The van der Waals surface area contributed by atoms with E-state index in [0.717, 1.165) is 21.7 Å². The molecule has 1 rings (SSSR count). The van der Waals surface area contributed by atoms with Gasteiger partial charge in [-0.1, -0.05) is 27.5 Å². The van der Waals surface area contributed by atoms with Crippen LogP contribution in [0.4, 0.5) is 0 Å². The Hall–Kier alpha value is -0.210. The Morgan fingerprint density at radius 3 is 2.57 bits per heavy atom. The second-order valence-electron chi connectivity index (χ2n) is 3.91. The first kappa shape index (κ1) is 11.9. The van der Waals surface area contributed by atoms with Crippen LogP contribution in [-0.4, -0.2) is 10.9 Å². The average Bonchev–Trinajstić information content (AvgIpc) is 2.10. The molecule has 0 aliphatic rings. The molecule has 0 aromatic heterocycles. The molecule has 0 amide bonds. The molecule has 0 heterocycles. The second-order valence-corrected chi connectivity index (χ2v) is 4.90. The molecule has 1 nitrogen and oxygen atoms in total. The standard InChI is InChI=1S/C11H14BrClO/c1-8-6-9(13)4-5-10(8)14-11(2,3)7-12/h4-6H,7H2,1-3H3. The van der Waals surface area contributed by atoms with Crippen LogP contribution in [0.25, 0.3) is 0 Å². The number of ether oxygens (including phenoxy) is 1. The van der Waals surface area contributed by atoms with Gasteiger partial charge in [0, 0.05) is 10.4 Å². The van der Waals surface area contributed by atoms with E-state index in [1.54, 1.807) is 0 Å². The number of aryl methyl sites for hydroxylation is 1. The van der Waals surface area contributed by atoms with E-state index in [4.69, 9.17) is 16.3 Å².